The summed E-state index contributed by atoms with van der Waals surface area (Å²) in [6.45, 7) is 6.09. The van der Waals surface area contributed by atoms with Crippen molar-refractivity contribution in [3.63, 3.8) is 0 Å². The lowest BCUT2D eigenvalue weighted by Gasteiger charge is -2.28. The average molecular weight is 273 g/mol. The SMILES string of the molecule is CC1(C(=O)N2CC3CCCCC3C2)CCNC1.Cl. The van der Waals surface area contributed by atoms with Crippen molar-refractivity contribution < 1.29 is 4.79 Å². The van der Waals surface area contributed by atoms with Gasteiger partial charge in [0.25, 0.3) is 0 Å². The molecule has 3 fully saturated rings. The quantitative estimate of drug-likeness (QED) is 0.793. The van der Waals surface area contributed by atoms with Crippen molar-refractivity contribution in [2.75, 3.05) is 26.2 Å². The third kappa shape index (κ3) is 2.39. The Balaban J connectivity index is 0.00000120. The van der Waals surface area contributed by atoms with E-state index in [4.69, 9.17) is 0 Å². The van der Waals surface area contributed by atoms with E-state index in [1.807, 2.05) is 0 Å². The standard InChI is InChI=1S/C14H24N2O.ClH/c1-14(6-7-15-10-14)13(17)16-8-11-4-2-3-5-12(11)9-16;/h11-12,15H,2-10H2,1H3;1H. The van der Waals surface area contributed by atoms with Gasteiger partial charge in [-0.1, -0.05) is 12.8 Å². The summed E-state index contributed by atoms with van der Waals surface area (Å²) in [5.41, 5.74) is -0.118. The third-order valence-electron chi connectivity index (χ3n) is 5.15. The molecule has 1 N–H and O–H groups in total. The van der Waals surface area contributed by atoms with Crippen LogP contribution in [0.4, 0.5) is 0 Å². The van der Waals surface area contributed by atoms with Crippen LogP contribution in [-0.4, -0.2) is 37.0 Å². The maximum atomic E-state index is 12.6. The van der Waals surface area contributed by atoms with Gasteiger partial charge in [-0.3, -0.25) is 4.79 Å². The molecule has 3 unspecified atom stereocenters. The molecule has 2 aliphatic heterocycles. The van der Waals surface area contributed by atoms with E-state index in [1.165, 1.54) is 25.7 Å². The molecule has 0 aromatic carbocycles. The van der Waals surface area contributed by atoms with Crippen molar-refractivity contribution >= 4 is 18.3 Å². The van der Waals surface area contributed by atoms with Gasteiger partial charge in [0.15, 0.2) is 0 Å². The molecule has 0 radical (unpaired) electrons. The Labute approximate surface area is 116 Å². The average Bonchev–Trinajstić information content (AvgIpc) is 2.94. The van der Waals surface area contributed by atoms with Gasteiger partial charge in [0.2, 0.25) is 5.91 Å². The molecule has 3 atom stereocenters. The summed E-state index contributed by atoms with van der Waals surface area (Å²) in [6, 6.07) is 0. The second kappa shape index (κ2) is 5.38. The van der Waals surface area contributed by atoms with Crippen LogP contribution in [0.15, 0.2) is 0 Å². The number of nitrogens with one attached hydrogen (secondary N) is 1. The van der Waals surface area contributed by atoms with Gasteiger partial charge in [0, 0.05) is 19.6 Å². The Bertz CT molecular complexity index is 301. The highest BCUT2D eigenvalue weighted by atomic mass is 35.5. The van der Waals surface area contributed by atoms with Crippen molar-refractivity contribution in [2.45, 2.75) is 39.0 Å². The fourth-order valence-corrected chi connectivity index (χ4v) is 3.95. The zero-order valence-electron chi connectivity index (χ0n) is 11.3. The summed E-state index contributed by atoms with van der Waals surface area (Å²) in [5, 5.41) is 3.33. The first kappa shape index (κ1) is 14.1. The number of hydrogen-bond donors (Lipinski definition) is 1. The Hall–Kier alpha value is -0.280. The number of halogens is 1. The number of likely N-dealkylation sites (tertiary alicyclic amines) is 1. The van der Waals surface area contributed by atoms with Crippen LogP contribution in [0, 0.1) is 17.3 Å². The highest BCUT2D eigenvalue weighted by Gasteiger charge is 2.44. The summed E-state index contributed by atoms with van der Waals surface area (Å²) < 4.78 is 0. The Kier molecular flexibility index (Phi) is 4.22. The first-order valence-electron chi connectivity index (χ1n) is 7.19. The molecular weight excluding hydrogens is 248 g/mol. The van der Waals surface area contributed by atoms with Gasteiger partial charge in [-0.2, -0.15) is 0 Å². The van der Waals surface area contributed by atoms with E-state index in [1.54, 1.807) is 0 Å². The normalized spacial score (nSPS) is 39.3. The molecule has 0 aromatic heterocycles. The minimum Gasteiger partial charge on any atom is -0.342 e. The van der Waals surface area contributed by atoms with E-state index in [9.17, 15) is 4.79 Å². The van der Waals surface area contributed by atoms with Gasteiger partial charge in [0.05, 0.1) is 5.41 Å². The number of carbonyl (C=O) groups excluding carboxylic acids is 1. The monoisotopic (exact) mass is 272 g/mol. The number of rotatable bonds is 1. The van der Waals surface area contributed by atoms with Gasteiger partial charge in [0.1, 0.15) is 0 Å². The van der Waals surface area contributed by atoms with E-state index in [-0.39, 0.29) is 17.8 Å². The fraction of sp³-hybridized carbons (Fsp3) is 0.929. The molecule has 0 aromatic rings. The number of amides is 1. The highest BCUT2D eigenvalue weighted by molar-refractivity contribution is 5.85. The van der Waals surface area contributed by atoms with Crippen LogP contribution in [-0.2, 0) is 4.79 Å². The zero-order valence-corrected chi connectivity index (χ0v) is 12.1. The molecule has 0 bridgehead atoms. The third-order valence-corrected chi connectivity index (χ3v) is 5.15. The van der Waals surface area contributed by atoms with Gasteiger partial charge in [-0.25, -0.2) is 0 Å². The Morgan fingerprint density at radius 3 is 2.33 bits per heavy atom. The summed E-state index contributed by atoms with van der Waals surface area (Å²) in [7, 11) is 0. The van der Waals surface area contributed by atoms with Crippen molar-refractivity contribution in [1.29, 1.82) is 0 Å². The molecule has 2 heterocycles. The van der Waals surface area contributed by atoms with Crippen LogP contribution in [0.1, 0.15) is 39.0 Å². The summed E-state index contributed by atoms with van der Waals surface area (Å²) in [5.74, 6) is 2.04. The smallest absolute Gasteiger partial charge is 0.229 e. The van der Waals surface area contributed by atoms with Crippen molar-refractivity contribution in [1.82, 2.24) is 10.2 Å². The first-order valence-corrected chi connectivity index (χ1v) is 7.19. The van der Waals surface area contributed by atoms with Gasteiger partial charge >= 0.3 is 0 Å². The molecule has 2 saturated heterocycles. The molecule has 18 heavy (non-hydrogen) atoms. The van der Waals surface area contributed by atoms with E-state index in [2.05, 4.69) is 17.1 Å². The molecular formula is C14H25ClN2O. The summed E-state index contributed by atoms with van der Waals surface area (Å²) >= 11 is 0. The second-order valence-electron chi connectivity index (χ2n) is 6.50. The van der Waals surface area contributed by atoms with Gasteiger partial charge < -0.3 is 10.2 Å². The maximum Gasteiger partial charge on any atom is 0.229 e. The maximum absolute atomic E-state index is 12.6. The van der Waals surface area contributed by atoms with E-state index in [0.29, 0.717) is 5.91 Å². The minimum absolute atomic E-state index is 0. The summed E-state index contributed by atoms with van der Waals surface area (Å²) in [4.78, 5) is 14.8. The molecule has 0 spiro atoms. The largest absolute Gasteiger partial charge is 0.342 e. The van der Waals surface area contributed by atoms with Crippen LogP contribution < -0.4 is 5.32 Å². The van der Waals surface area contributed by atoms with Gasteiger partial charge in [-0.15, -0.1) is 12.4 Å². The van der Waals surface area contributed by atoms with Crippen molar-refractivity contribution in [3.8, 4) is 0 Å². The number of nitrogens with zero attached hydrogens (tertiary/aromatic N) is 1. The number of hydrogen-bond acceptors (Lipinski definition) is 2. The predicted molar refractivity (Wildman–Crippen MR) is 74.9 cm³/mol. The van der Waals surface area contributed by atoms with Crippen LogP contribution in [0.25, 0.3) is 0 Å². The van der Waals surface area contributed by atoms with E-state index in [0.717, 1.165) is 44.4 Å². The lowest BCUT2D eigenvalue weighted by molar-refractivity contribution is -0.139. The molecule has 1 saturated carbocycles. The predicted octanol–water partition coefficient (Wildman–Crippen LogP) is 2.06. The van der Waals surface area contributed by atoms with Gasteiger partial charge in [-0.05, 0) is 44.6 Å². The lowest BCUT2D eigenvalue weighted by Crippen LogP contribution is -2.42. The molecule has 1 amide bonds. The molecule has 104 valence electrons. The minimum atomic E-state index is -0.118. The Morgan fingerprint density at radius 1 is 1.22 bits per heavy atom. The summed E-state index contributed by atoms with van der Waals surface area (Å²) in [6.07, 6.45) is 6.47. The highest BCUT2D eigenvalue weighted by Crippen LogP contribution is 2.38. The van der Waals surface area contributed by atoms with E-state index < -0.39 is 0 Å². The van der Waals surface area contributed by atoms with Crippen LogP contribution in [0.2, 0.25) is 0 Å². The van der Waals surface area contributed by atoms with Crippen LogP contribution in [0.3, 0.4) is 0 Å². The topological polar surface area (TPSA) is 32.3 Å². The number of carbonyl (C=O) groups is 1. The number of fused-ring (bicyclic) bond motifs is 1. The lowest BCUT2D eigenvalue weighted by atomic mass is 9.82. The Morgan fingerprint density at radius 2 is 1.83 bits per heavy atom. The van der Waals surface area contributed by atoms with Crippen LogP contribution in [0.5, 0.6) is 0 Å². The van der Waals surface area contributed by atoms with Crippen molar-refractivity contribution in [3.05, 3.63) is 0 Å². The van der Waals surface area contributed by atoms with Crippen molar-refractivity contribution in [2.24, 2.45) is 17.3 Å². The van der Waals surface area contributed by atoms with E-state index >= 15 is 0 Å². The molecule has 3 rings (SSSR count). The first-order chi connectivity index (χ1) is 8.19. The molecule has 4 heteroatoms. The molecule has 3 aliphatic rings. The second-order valence-corrected chi connectivity index (χ2v) is 6.50. The fourth-order valence-electron chi connectivity index (χ4n) is 3.95. The molecule has 1 aliphatic carbocycles. The zero-order chi connectivity index (χ0) is 11.9. The molecule has 3 nitrogen and oxygen atoms in total. The van der Waals surface area contributed by atoms with Crippen LogP contribution >= 0.6 is 12.4 Å².